The molecule has 0 radical (unpaired) electrons. The number of nitrogens with zero attached hydrogens (tertiary/aromatic N) is 2. The third-order valence-electron chi connectivity index (χ3n) is 4.60. The fourth-order valence-electron chi connectivity index (χ4n) is 3.25. The van der Waals surface area contributed by atoms with E-state index in [9.17, 15) is 9.59 Å². The van der Waals surface area contributed by atoms with Gasteiger partial charge in [0.1, 0.15) is 5.82 Å². The summed E-state index contributed by atoms with van der Waals surface area (Å²) in [7, 11) is 0. The summed E-state index contributed by atoms with van der Waals surface area (Å²) < 4.78 is 0. The number of rotatable bonds is 2. The number of likely N-dealkylation sites (tertiary alicyclic amines) is 1. The third-order valence-corrected chi connectivity index (χ3v) is 4.91. The number of benzene rings is 2. The van der Waals surface area contributed by atoms with Crippen LogP contribution in [-0.2, 0) is 0 Å². The highest BCUT2D eigenvalue weighted by molar-refractivity contribution is 6.25. The predicted octanol–water partition coefficient (Wildman–Crippen LogP) is 3.98. The lowest BCUT2D eigenvalue weighted by molar-refractivity contribution is 0.0949. The van der Waals surface area contributed by atoms with E-state index in [1.54, 1.807) is 29.2 Å². The van der Waals surface area contributed by atoms with Gasteiger partial charge in [-0.3, -0.25) is 10.1 Å². The molecule has 1 aromatic heterocycles. The van der Waals surface area contributed by atoms with E-state index in [4.69, 9.17) is 11.6 Å². The molecule has 1 atom stereocenters. The van der Waals surface area contributed by atoms with E-state index in [1.165, 1.54) is 5.54 Å². The molecule has 27 heavy (non-hydrogen) atoms. The van der Waals surface area contributed by atoms with Gasteiger partial charge in [-0.05, 0) is 36.3 Å². The van der Waals surface area contributed by atoms with Crippen LogP contribution in [-0.4, -0.2) is 33.4 Å². The lowest BCUT2D eigenvalue weighted by Gasteiger charge is -2.22. The van der Waals surface area contributed by atoms with Gasteiger partial charge in [-0.1, -0.05) is 41.9 Å². The molecule has 136 valence electrons. The number of carbonyl (C=O) groups is 2. The number of nitrogens with one attached hydrogen (secondary N) is 2. The fourth-order valence-corrected chi connectivity index (χ4v) is 3.41. The van der Waals surface area contributed by atoms with Gasteiger partial charge in [0.05, 0.1) is 17.1 Å². The molecule has 1 fully saturated rings. The van der Waals surface area contributed by atoms with E-state index >= 15 is 0 Å². The smallest absolute Gasteiger partial charge is 0.325 e. The van der Waals surface area contributed by atoms with E-state index in [0.29, 0.717) is 24.4 Å². The van der Waals surface area contributed by atoms with Gasteiger partial charge in [0.2, 0.25) is 0 Å². The maximum absolute atomic E-state index is 12.8. The zero-order valence-electron chi connectivity index (χ0n) is 14.4. The van der Waals surface area contributed by atoms with Crippen LogP contribution in [0.2, 0.25) is 0 Å². The number of carbonyl (C=O) groups excluding carboxylic acids is 2. The Morgan fingerprint density at radius 2 is 1.89 bits per heavy atom. The van der Waals surface area contributed by atoms with Crippen LogP contribution in [0, 0.1) is 0 Å². The number of aromatic amines is 1. The fraction of sp³-hybridized carbons (Fsp3) is 0.150. The number of imide groups is 1. The van der Waals surface area contributed by atoms with Gasteiger partial charge >= 0.3 is 6.03 Å². The maximum atomic E-state index is 12.8. The van der Waals surface area contributed by atoms with Crippen LogP contribution in [0.4, 0.5) is 4.79 Å². The number of para-hydroxylation sites is 2. The Kier molecular flexibility index (Phi) is 4.64. The molecule has 0 unspecified atom stereocenters. The van der Waals surface area contributed by atoms with Crippen molar-refractivity contribution in [1.82, 2.24) is 20.2 Å². The summed E-state index contributed by atoms with van der Waals surface area (Å²) >= 11 is 5.89. The molecule has 1 saturated heterocycles. The highest BCUT2D eigenvalue weighted by Gasteiger charge is 2.35. The molecule has 6 nitrogen and oxygen atoms in total. The molecule has 1 aliphatic heterocycles. The molecule has 2 N–H and O–H groups in total. The van der Waals surface area contributed by atoms with E-state index in [1.807, 2.05) is 30.3 Å². The van der Waals surface area contributed by atoms with Crippen LogP contribution in [0.25, 0.3) is 11.0 Å². The summed E-state index contributed by atoms with van der Waals surface area (Å²) in [5.74, 6) is 0.235. The first-order chi connectivity index (χ1) is 13.2. The Bertz CT molecular complexity index is 996. The SMILES string of the molecule is O=C(NC(=O)N1C/C(=C/Cl)C[C@H]1c1nc2ccccc2[nH]1)c1ccccc1. The number of H-pyrrole nitrogens is 1. The first-order valence-corrected chi connectivity index (χ1v) is 8.99. The minimum Gasteiger partial charge on any atom is -0.340 e. The second-order valence-corrected chi connectivity index (χ2v) is 6.60. The van der Waals surface area contributed by atoms with Crippen molar-refractivity contribution < 1.29 is 9.59 Å². The van der Waals surface area contributed by atoms with Crippen molar-refractivity contribution in [2.75, 3.05) is 6.54 Å². The number of imidazole rings is 1. The number of halogens is 1. The van der Waals surface area contributed by atoms with Gasteiger partial charge < -0.3 is 9.88 Å². The molecule has 0 bridgehead atoms. The second kappa shape index (κ2) is 7.25. The van der Waals surface area contributed by atoms with Crippen LogP contribution in [0.1, 0.15) is 28.6 Å². The molecule has 3 aromatic rings. The Labute approximate surface area is 160 Å². The Balaban J connectivity index is 1.59. The lowest BCUT2D eigenvalue weighted by Crippen LogP contribution is -2.42. The molecule has 3 amide bonds. The number of hydrogen-bond acceptors (Lipinski definition) is 3. The summed E-state index contributed by atoms with van der Waals surface area (Å²) in [5.41, 5.74) is 4.55. The van der Waals surface area contributed by atoms with Gasteiger partial charge in [0, 0.05) is 17.6 Å². The average Bonchev–Trinajstić information content (AvgIpc) is 3.32. The van der Waals surface area contributed by atoms with E-state index < -0.39 is 11.9 Å². The molecule has 2 heterocycles. The molecule has 2 aromatic carbocycles. The summed E-state index contributed by atoms with van der Waals surface area (Å²) in [5, 5.41) is 2.45. The molecule has 7 heteroatoms. The highest BCUT2D eigenvalue weighted by atomic mass is 35.5. The molecule has 0 aliphatic carbocycles. The summed E-state index contributed by atoms with van der Waals surface area (Å²) in [6.07, 6.45) is 0.566. The van der Waals surface area contributed by atoms with Crippen molar-refractivity contribution in [3.8, 4) is 0 Å². The first-order valence-electron chi connectivity index (χ1n) is 8.55. The Morgan fingerprint density at radius 1 is 1.15 bits per heavy atom. The largest absolute Gasteiger partial charge is 0.340 e. The minimum absolute atomic E-state index is 0.314. The van der Waals surface area contributed by atoms with E-state index in [0.717, 1.165) is 16.6 Å². The number of amides is 3. The van der Waals surface area contributed by atoms with Crippen molar-refractivity contribution >= 4 is 34.6 Å². The van der Waals surface area contributed by atoms with Crippen LogP contribution >= 0.6 is 11.6 Å². The monoisotopic (exact) mass is 380 g/mol. The van der Waals surface area contributed by atoms with Crippen molar-refractivity contribution in [2.45, 2.75) is 12.5 Å². The molecule has 0 spiro atoms. The van der Waals surface area contributed by atoms with Crippen molar-refractivity contribution in [2.24, 2.45) is 0 Å². The van der Waals surface area contributed by atoms with Gasteiger partial charge in [-0.25, -0.2) is 9.78 Å². The number of urea groups is 1. The van der Waals surface area contributed by atoms with Crippen LogP contribution in [0.15, 0.2) is 65.7 Å². The van der Waals surface area contributed by atoms with Gasteiger partial charge in [0.25, 0.3) is 5.91 Å². The van der Waals surface area contributed by atoms with Gasteiger partial charge in [0.15, 0.2) is 0 Å². The molecule has 1 aliphatic rings. The van der Waals surface area contributed by atoms with E-state index in [2.05, 4.69) is 15.3 Å². The van der Waals surface area contributed by atoms with Crippen LogP contribution in [0.5, 0.6) is 0 Å². The predicted molar refractivity (Wildman–Crippen MR) is 103 cm³/mol. The van der Waals surface area contributed by atoms with Gasteiger partial charge in [-0.15, -0.1) is 0 Å². The van der Waals surface area contributed by atoms with E-state index in [-0.39, 0.29) is 6.04 Å². The maximum Gasteiger partial charge on any atom is 0.325 e. The zero-order chi connectivity index (χ0) is 18.8. The molecule has 4 rings (SSSR count). The first kappa shape index (κ1) is 17.3. The van der Waals surface area contributed by atoms with Crippen LogP contribution in [0.3, 0.4) is 0 Å². The number of aromatic nitrogens is 2. The summed E-state index contributed by atoms with van der Waals surface area (Å²) in [6, 6.07) is 15.5. The normalized spacial score (nSPS) is 18.2. The Hall–Kier alpha value is -3.12. The molecular weight excluding hydrogens is 364 g/mol. The second-order valence-electron chi connectivity index (χ2n) is 6.38. The average molecular weight is 381 g/mol. The van der Waals surface area contributed by atoms with Crippen molar-refractivity contribution in [3.05, 3.63) is 77.1 Å². The molecule has 0 saturated carbocycles. The highest BCUT2D eigenvalue weighted by Crippen LogP contribution is 2.34. The topological polar surface area (TPSA) is 78.1 Å². The van der Waals surface area contributed by atoms with Crippen molar-refractivity contribution in [3.63, 3.8) is 0 Å². The minimum atomic E-state index is -0.470. The third kappa shape index (κ3) is 3.44. The molecular formula is C20H17ClN4O2. The van der Waals surface area contributed by atoms with Crippen molar-refractivity contribution in [1.29, 1.82) is 0 Å². The summed E-state index contributed by atoms with van der Waals surface area (Å²) in [4.78, 5) is 34.5. The lowest BCUT2D eigenvalue weighted by atomic mass is 10.1. The standard InChI is InChI=1S/C20H17ClN4O2/c21-11-13-10-17(18-22-15-8-4-5-9-16(15)23-18)25(12-13)20(27)24-19(26)14-6-2-1-3-7-14/h1-9,11,17H,10,12H2,(H,22,23)(H,24,26,27)/b13-11+/t17-/m0/s1. The summed E-state index contributed by atoms with van der Waals surface area (Å²) in [6.45, 7) is 0.346. The van der Waals surface area contributed by atoms with Gasteiger partial charge in [-0.2, -0.15) is 0 Å². The quantitative estimate of drug-likeness (QED) is 0.705. The number of fused-ring (bicyclic) bond motifs is 1. The number of hydrogen-bond donors (Lipinski definition) is 2. The Morgan fingerprint density at radius 3 is 2.63 bits per heavy atom. The zero-order valence-corrected chi connectivity index (χ0v) is 15.1. The van der Waals surface area contributed by atoms with Crippen LogP contribution < -0.4 is 5.32 Å².